The fourth-order valence-electron chi connectivity index (χ4n) is 2.16. The van der Waals surface area contributed by atoms with E-state index in [4.69, 9.17) is 4.74 Å². The van der Waals surface area contributed by atoms with Gasteiger partial charge >= 0.3 is 0 Å². The van der Waals surface area contributed by atoms with Crippen LogP contribution < -0.4 is 10.1 Å². The molecule has 118 valence electrons. The van der Waals surface area contributed by atoms with Crippen LogP contribution in [-0.4, -0.2) is 28.2 Å². The number of aliphatic hydroxyl groups excluding tert-OH is 1. The Hall–Kier alpha value is -2.27. The monoisotopic (exact) mass is 302 g/mol. The summed E-state index contributed by atoms with van der Waals surface area (Å²) in [6, 6.07) is 10.8. The predicted molar refractivity (Wildman–Crippen MR) is 84.9 cm³/mol. The number of hydrogen-bond donors (Lipinski definition) is 2. The van der Waals surface area contributed by atoms with Crippen molar-refractivity contribution in [1.82, 2.24) is 9.88 Å². The highest BCUT2D eigenvalue weighted by atomic mass is 16.5. The van der Waals surface area contributed by atoms with Crippen LogP contribution in [0.3, 0.4) is 0 Å². The number of benzene rings is 1. The van der Waals surface area contributed by atoms with E-state index in [2.05, 4.69) is 5.32 Å². The van der Waals surface area contributed by atoms with Gasteiger partial charge in [-0.15, -0.1) is 0 Å². The molecular formula is C17H22N2O3. The van der Waals surface area contributed by atoms with E-state index in [1.54, 1.807) is 36.0 Å². The average Bonchev–Trinajstić information content (AvgIpc) is 2.90. The lowest BCUT2D eigenvalue weighted by atomic mass is 10.1. The molecule has 1 heterocycles. The van der Waals surface area contributed by atoms with E-state index in [9.17, 15) is 9.90 Å². The number of aryl methyl sites for hydroxylation is 1. The zero-order chi connectivity index (χ0) is 16.1. The van der Waals surface area contributed by atoms with Gasteiger partial charge in [-0.05, 0) is 43.7 Å². The van der Waals surface area contributed by atoms with E-state index in [0.29, 0.717) is 17.0 Å². The van der Waals surface area contributed by atoms with Gasteiger partial charge in [-0.1, -0.05) is 12.1 Å². The van der Waals surface area contributed by atoms with Crippen LogP contribution in [0.15, 0.2) is 42.6 Å². The summed E-state index contributed by atoms with van der Waals surface area (Å²) >= 11 is 0. The summed E-state index contributed by atoms with van der Waals surface area (Å²) in [6.07, 6.45) is 1.10. The molecule has 2 rings (SSSR count). The zero-order valence-corrected chi connectivity index (χ0v) is 13.1. The van der Waals surface area contributed by atoms with E-state index >= 15 is 0 Å². The van der Waals surface area contributed by atoms with Gasteiger partial charge < -0.3 is 19.7 Å². The van der Waals surface area contributed by atoms with E-state index < -0.39 is 6.10 Å². The van der Waals surface area contributed by atoms with Gasteiger partial charge in [0.15, 0.2) is 0 Å². The van der Waals surface area contributed by atoms with Gasteiger partial charge in [0.2, 0.25) is 0 Å². The summed E-state index contributed by atoms with van der Waals surface area (Å²) in [7, 11) is 1.80. The van der Waals surface area contributed by atoms with Crippen LogP contribution in [-0.2, 0) is 7.05 Å². The van der Waals surface area contributed by atoms with E-state index in [-0.39, 0.29) is 18.6 Å². The maximum Gasteiger partial charge on any atom is 0.267 e. The minimum absolute atomic E-state index is 0.0736. The highest BCUT2D eigenvalue weighted by molar-refractivity contribution is 5.92. The Morgan fingerprint density at radius 2 is 2.09 bits per heavy atom. The molecule has 2 N–H and O–H groups in total. The van der Waals surface area contributed by atoms with Crippen LogP contribution >= 0.6 is 0 Å². The zero-order valence-electron chi connectivity index (χ0n) is 13.1. The quantitative estimate of drug-likeness (QED) is 0.860. The molecule has 1 atom stereocenters. The summed E-state index contributed by atoms with van der Waals surface area (Å²) in [5.41, 5.74) is 1.27. The molecule has 5 heteroatoms. The SMILES string of the molecule is CC(C)Oc1cccc([C@H](O)CNC(=O)c2cccn2C)c1. The lowest BCUT2D eigenvalue weighted by Gasteiger charge is -2.15. The van der Waals surface area contributed by atoms with Crippen molar-refractivity contribution in [2.75, 3.05) is 6.54 Å². The fraction of sp³-hybridized carbons (Fsp3) is 0.353. The second kappa shape index (κ2) is 7.13. The number of nitrogens with one attached hydrogen (secondary N) is 1. The Bertz CT molecular complexity index is 634. The van der Waals surface area contributed by atoms with Gasteiger partial charge in [0.05, 0.1) is 12.2 Å². The third-order valence-electron chi connectivity index (χ3n) is 3.25. The maximum absolute atomic E-state index is 12.0. The molecule has 0 bridgehead atoms. The topological polar surface area (TPSA) is 63.5 Å². The number of hydrogen-bond acceptors (Lipinski definition) is 3. The van der Waals surface area contributed by atoms with Gasteiger partial charge in [-0.25, -0.2) is 0 Å². The summed E-state index contributed by atoms with van der Waals surface area (Å²) < 4.78 is 7.34. The largest absolute Gasteiger partial charge is 0.491 e. The van der Waals surface area contributed by atoms with Crippen LogP contribution in [0.2, 0.25) is 0 Å². The van der Waals surface area contributed by atoms with E-state index in [1.807, 2.05) is 32.0 Å². The number of aromatic nitrogens is 1. The van der Waals surface area contributed by atoms with Crippen molar-refractivity contribution in [2.24, 2.45) is 7.05 Å². The Morgan fingerprint density at radius 3 is 2.73 bits per heavy atom. The lowest BCUT2D eigenvalue weighted by Crippen LogP contribution is -2.29. The summed E-state index contributed by atoms with van der Waals surface area (Å²) in [5, 5.41) is 13.0. The Labute approximate surface area is 130 Å². The van der Waals surface area contributed by atoms with Crippen molar-refractivity contribution in [1.29, 1.82) is 0 Å². The number of rotatable bonds is 6. The number of nitrogens with zero attached hydrogens (tertiary/aromatic N) is 1. The molecule has 0 aliphatic heterocycles. The molecule has 22 heavy (non-hydrogen) atoms. The first-order valence-electron chi connectivity index (χ1n) is 7.31. The molecule has 2 aromatic rings. The van der Waals surface area contributed by atoms with Crippen molar-refractivity contribution in [3.63, 3.8) is 0 Å². The molecule has 0 fully saturated rings. The molecule has 0 unspecified atom stereocenters. The maximum atomic E-state index is 12.0. The summed E-state index contributed by atoms with van der Waals surface area (Å²) in [5.74, 6) is 0.501. The van der Waals surface area contributed by atoms with Crippen molar-refractivity contribution in [3.8, 4) is 5.75 Å². The number of carbonyl (C=O) groups excluding carboxylic acids is 1. The number of carbonyl (C=O) groups is 1. The number of aliphatic hydroxyl groups is 1. The van der Waals surface area contributed by atoms with Crippen molar-refractivity contribution in [3.05, 3.63) is 53.9 Å². The molecule has 0 radical (unpaired) electrons. The first kappa shape index (κ1) is 16.1. The van der Waals surface area contributed by atoms with Crippen LogP contribution in [0, 0.1) is 0 Å². The Morgan fingerprint density at radius 1 is 1.32 bits per heavy atom. The highest BCUT2D eigenvalue weighted by Gasteiger charge is 2.13. The molecule has 1 amide bonds. The second-order valence-electron chi connectivity index (χ2n) is 5.47. The van der Waals surface area contributed by atoms with Crippen molar-refractivity contribution < 1.29 is 14.6 Å². The lowest BCUT2D eigenvalue weighted by molar-refractivity contribution is 0.0908. The first-order valence-corrected chi connectivity index (χ1v) is 7.31. The minimum atomic E-state index is -0.778. The standard InChI is InChI=1S/C17H22N2O3/c1-12(2)22-14-7-4-6-13(10-14)16(20)11-18-17(21)15-8-5-9-19(15)3/h4-10,12,16,20H,11H2,1-3H3,(H,18,21)/t16-/m1/s1. The minimum Gasteiger partial charge on any atom is -0.491 e. The predicted octanol–water partition coefficient (Wildman–Crippen LogP) is 2.28. The fourth-order valence-corrected chi connectivity index (χ4v) is 2.16. The van der Waals surface area contributed by atoms with Gasteiger partial charge in [0, 0.05) is 19.8 Å². The van der Waals surface area contributed by atoms with Crippen LogP contribution in [0.4, 0.5) is 0 Å². The van der Waals surface area contributed by atoms with Gasteiger partial charge in [-0.2, -0.15) is 0 Å². The van der Waals surface area contributed by atoms with Gasteiger partial charge in [0.25, 0.3) is 5.91 Å². The average molecular weight is 302 g/mol. The molecule has 0 saturated heterocycles. The van der Waals surface area contributed by atoms with Crippen LogP contribution in [0.1, 0.15) is 36.0 Å². The molecule has 0 spiro atoms. The number of amides is 1. The molecule has 0 aliphatic carbocycles. The summed E-state index contributed by atoms with van der Waals surface area (Å²) in [4.78, 5) is 12.0. The normalized spacial score (nSPS) is 12.2. The molecular weight excluding hydrogens is 280 g/mol. The van der Waals surface area contributed by atoms with Crippen LogP contribution in [0.5, 0.6) is 5.75 Å². The Balaban J connectivity index is 1.96. The summed E-state index contributed by atoms with van der Waals surface area (Å²) in [6.45, 7) is 4.04. The van der Waals surface area contributed by atoms with Gasteiger partial charge in [0.1, 0.15) is 11.4 Å². The third-order valence-corrected chi connectivity index (χ3v) is 3.25. The van der Waals surface area contributed by atoms with Gasteiger partial charge in [-0.3, -0.25) is 4.79 Å². The molecule has 5 nitrogen and oxygen atoms in total. The van der Waals surface area contributed by atoms with E-state index in [0.717, 1.165) is 0 Å². The number of ether oxygens (including phenoxy) is 1. The highest BCUT2D eigenvalue weighted by Crippen LogP contribution is 2.20. The molecule has 0 saturated carbocycles. The molecule has 1 aromatic carbocycles. The van der Waals surface area contributed by atoms with Crippen molar-refractivity contribution >= 4 is 5.91 Å². The van der Waals surface area contributed by atoms with E-state index in [1.165, 1.54) is 0 Å². The molecule has 0 aliphatic rings. The first-order chi connectivity index (χ1) is 10.5. The smallest absolute Gasteiger partial charge is 0.267 e. The van der Waals surface area contributed by atoms with Crippen LogP contribution in [0.25, 0.3) is 0 Å². The van der Waals surface area contributed by atoms with Crippen molar-refractivity contribution in [2.45, 2.75) is 26.1 Å². The Kier molecular flexibility index (Phi) is 5.22. The second-order valence-corrected chi connectivity index (χ2v) is 5.47. The third kappa shape index (κ3) is 4.11. The molecule has 1 aromatic heterocycles.